The highest BCUT2D eigenvalue weighted by atomic mass is 35.5. The van der Waals surface area contributed by atoms with Crippen LogP contribution < -0.4 is 5.50 Å². The van der Waals surface area contributed by atoms with Gasteiger partial charge in [0.15, 0.2) is 0 Å². The van der Waals surface area contributed by atoms with Gasteiger partial charge in [-0.2, -0.15) is 0 Å². The molecule has 0 aliphatic carbocycles. The topological polar surface area (TPSA) is 55.6 Å². The fraction of sp³-hybridized carbons (Fsp3) is 0.750. The summed E-state index contributed by atoms with van der Waals surface area (Å²) in [6, 6.07) is 0. The lowest BCUT2D eigenvalue weighted by Gasteiger charge is -2.26. The molecule has 0 bridgehead atoms. The minimum absolute atomic E-state index is 0.0182. The molecule has 0 saturated heterocycles. The van der Waals surface area contributed by atoms with Crippen LogP contribution >= 0.6 is 30.9 Å². The number of rotatable bonds is 9. The summed E-state index contributed by atoms with van der Waals surface area (Å²) in [6.07, 6.45) is 1.93. The minimum atomic E-state index is -3.89. The molecule has 15 heavy (non-hydrogen) atoms. The lowest BCUT2D eigenvalue weighted by molar-refractivity contribution is 0.270. The zero-order valence-electron chi connectivity index (χ0n) is 12.2. The Kier molecular flexibility index (Phi) is 5.40. The van der Waals surface area contributed by atoms with Crippen molar-refractivity contribution in [1.29, 1.82) is 0 Å². The van der Waals surface area contributed by atoms with Crippen LogP contribution in [-0.2, 0) is 9.09 Å². The van der Waals surface area contributed by atoms with Crippen molar-refractivity contribution in [2.45, 2.75) is 6.42 Å². The van der Waals surface area contributed by atoms with Gasteiger partial charge in [-0.1, -0.05) is 6.08 Å². The Labute approximate surface area is 107 Å². The Morgan fingerprint density at radius 3 is 2.47 bits per heavy atom. The van der Waals surface area contributed by atoms with Crippen LogP contribution in [0.25, 0.3) is 0 Å². The maximum atomic E-state index is 12.1. The SMILES string of the molecule is [2H]C([2H])(Cl)CN(CC([2H])([2H])Cl)P(N)(=O)OCCC=C. The lowest BCUT2D eigenvalue weighted by Crippen LogP contribution is -2.29. The average molecular weight is 279 g/mol. The van der Waals surface area contributed by atoms with Crippen LogP contribution in [0, 0.1) is 0 Å². The summed E-state index contributed by atoms with van der Waals surface area (Å²) in [5.74, 6) is -4.47. The van der Waals surface area contributed by atoms with Crippen LogP contribution in [0.15, 0.2) is 12.7 Å². The second-order valence-electron chi connectivity index (χ2n) is 2.56. The average Bonchev–Trinajstić information content (AvgIpc) is 2.12. The number of nitrogens with two attached hydrogens (primary N) is 1. The van der Waals surface area contributed by atoms with Crippen LogP contribution in [0.5, 0.6) is 0 Å². The van der Waals surface area contributed by atoms with E-state index in [0.29, 0.717) is 6.42 Å². The zero-order chi connectivity index (χ0) is 15.3. The first-order chi connectivity index (χ1) is 8.37. The van der Waals surface area contributed by atoms with E-state index in [2.05, 4.69) is 6.58 Å². The standard InChI is InChI=1S/C8H17Cl2N2O2P/c1-2-3-8-14-15(11,13)12(6-4-9)7-5-10/h2H,1,3-8H2,(H2,11,13)/i4D2,5D2. The predicted molar refractivity (Wildman–Crippen MR) is 65.6 cm³/mol. The van der Waals surface area contributed by atoms with Gasteiger partial charge in [-0.3, -0.25) is 4.57 Å². The molecule has 7 heteroatoms. The fourth-order valence-electron chi connectivity index (χ4n) is 0.739. The van der Waals surface area contributed by atoms with Crippen LogP contribution in [0.4, 0.5) is 0 Å². The summed E-state index contributed by atoms with van der Waals surface area (Å²) < 4.78 is 46.8. The highest BCUT2D eigenvalue weighted by Crippen LogP contribution is 2.42. The van der Waals surface area contributed by atoms with Crippen LogP contribution in [-0.4, -0.2) is 36.0 Å². The van der Waals surface area contributed by atoms with E-state index in [1.165, 1.54) is 6.08 Å². The summed E-state index contributed by atoms with van der Waals surface area (Å²) in [4.78, 5) is 0. The van der Waals surface area contributed by atoms with Crippen LogP contribution in [0.1, 0.15) is 11.9 Å². The van der Waals surface area contributed by atoms with Gasteiger partial charge in [0.2, 0.25) is 0 Å². The molecule has 4 nitrogen and oxygen atoms in total. The zero-order valence-corrected chi connectivity index (χ0v) is 10.6. The Hall–Kier alpha value is 0.430. The molecular weight excluding hydrogens is 258 g/mol. The van der Waals surface area contributed by atoms with E-state index in [0.717, 1.165) is 4.67 Å². The first-order valence-corrected chi connectivity index (χ1v) is 6.55. The van der Waals surface area contributed by atoms with Gasteiger partial charge in [0.1, 0.15) is 0 Å². The monoisotopic (exact) mass is 278 g/mol. The molecule has 0 spiro atoms. The molecule has 1 unspecified atom stereocenters. The fourth-order valence-corrected chi connectivity index (χ4v) is 2.26. The van der Waals surface area contributed by atoms with Gasteiger partial charge in [0.05, 0.1) is 6.61 Å². The molecule has 0 rings (SSSR count). The lowest BCUT2D eigenvalue weighted by atomic mass is 10.5. The predicted octanol–water partition coefficient (Wildman–Crippen LogP) is 2.43. The summed E-state index contributed by atoms with van der Waals surface area (Å²) in [7, 11) is -3.89. The number of hydrogen-bond acceptors (Lipinski definition) is 2. The van der Waals surface area contributed by atoms with Gasteiger partial charge < -0.3 is 4.52 Å². The van der Waals surface area contributed by atoms with Crippen molar-refractivity contribution in [2.24, 2.45) is 5.50 Å². The van der Waals surface area contributed by atoms with Crippen molar-refractivity contribution in [3.8, 4) is 0 Å². The maximum Gasteiger partial charge on any atom is 0.340 e. The first-order valence-electron chi connectivity index (χ1n) is 6.15. The molecule has 0 aromatic heterocycles. The normalized spacial score (nSPS) is 21.1. The van der Waals surface area contributed by atoms with Gasteiger partial charge in [0, 0.05) is 30.2 Å². The molecule has 2 N–H and O–H groups in total. The van der Waals surface area contributed by atoms with E-state index in [-0.39, 0.29) is 6.61 Å². The third-order valence-electron chi connectivity index (χ3n) is 1.48. The van der Waals surface area contributed by atoms with E-state index in [9.17, 15) is 4.57 Å². The Balaban J connectivity index is 4.89. The Morgan fingerprint density at radius 2 is 2.07 bits per heavy atom. The number of hydrogen-bond donors (Lipinski definition) is 1. The molecular formula is C8H17Cl2N2O2P. The van der Waals surface area contributed by atoms with Gasteiger partial charge in [-0.15, -0.1) is 29.8 Å². The van der Waals surface area contributed by atoms with Crippen molar-refractivity contribution in [3.05, 3.63) is 12.7 Å². The molecule has 90 valence electrons. The van der Waals surface area contributed by atoms with E-state index < -0.39 is 32.4 Å². The van der Waals surface area contributed by atoms with E-state index in [4.69, 9.17) is 38.7 Å². The number of alkyl halides is 2. The molecule has 0 amide bonds. The van der Waals surface area contributed by atoms with E-state index >= 15 is 0 Å². The van der Waals surface area contributed by atoms with Crippen LogP contribution in [0.3, 0.4) is 0 Å². The molecule has 0 saturated carbocycles. The van der Waals surface area contributed by atoms with Crippen molar-refractivity contribution in [3.63, 3.8) is 0 Å². The molecule has 1 atom stereocenters. The second-order valence-corrected chi connectivity index (χ2v) is 5.05. The molecule has 0 aromatic carbocycles. The molecule has 0 aliphatic heterocycles. The Bertz CT molecular complexity index is 333. The van der Waals surface area contributed by atoms with Crippen molar-refractivity contribution >= 4 is 30.9 Å². The van der Waals surface area contributed by atoms with Gasteiger partial charge in [0.25, 0.3) is 0 Å². The molecule has 0 aliphatic rings. The third kappa shape index (κ3) is 6.56. The van der Waals surface area contributed by atoms with Gasteiger partial charge in [-0.25, -0.2) is 10.2 Å². The number of nitrogens with zero attached hydrogens (tertiary/aromatic N) is 1. The quantitative estimate of drug-likeness (QED) is 0.305. The molecule has 0 radical (unpaired) electrons. The maximum absolute atomic E-state index is 12.1. The number of halogens is 2. The van der Waals surface area contributed by atoms with Crippen molar-refractivity contribution in [2.75, 3.05) is 31.4 Å². The van der Waals surface area contributed by atoms with E-state index in [1.807, 2.05) is 0 Å². The molecule has 0 aromatic rings. The Morgan fingerprint density at radius 1 is 1.53 bits per heavy atom. The smallest absolute Gasteiger partial charge is 0.306 e. The summed E-state index contributed by atoms with van der Waals surface area (Å²) in [6.45, 7) is 2.31. The van der Waals surface area contributed by atoms with Gasteiger partial charge in [-0.05, 0) is 6.42 Å². The van der Waals surface area contributed by atoms with Crippen molar-refractivity contribution < 1.29 is 14.6 Å². The highest BCUT2D eigenvalue weighted by molar-refractivity contribution is 7.53. The van der Waals surface area contributed by atoms with E-state index in [1.54, 1.807) is 0 Å². The van der Waals surface area contributed by atoms with Crippen LogP contribution in [0.2, 0.25) is 0 Å². The molecule has 0 heterocycles. The third-order valence-corrected chi connectivity index (χ3v) is 3.34. The second kappa shape index (κ2) is 8.57. The minimum Gasteiger partial charge on any atom is -0.306 e. The largest absolute Gasteiger partial charge is 0.340 e. The van der Waals surface area contributed by atoms with Gasteiger partial charge >= 0.3 is 7.67 Å². The summed E-state index contributed by atoms with van der Waals surface area (Å²) in [5, 5.41) is 0. The van der Waals surface area contributed by atoms with Crippen molar-refractivity contribution in [1.82, 2.24) is 4.67 Å². The molecule has 0 fully saturated rings. The summed E-state index contributed by atoms with van der Waals surface area (Å²) >= 11 is 10.8. The summed E-state index contributed by atoms with van der Waals surface area (Å²) in [5.41, 5.74) is 5.49. The first kappa shape index (κ1) is 9.46. The highest BCUT2D eigenvalue weighted by Gasteiger charge is 2.25.